The van der Waals surface area contributed by atoms with Gasteiger partial charge in [0, 0.05) is 24.7 Å². The lowest BCUT2D eigenvalue weighted by Crippen LogP contribution is -2.47. The number of ether oxygens (including phenoxy) is 1. The van der Waals surface area contributed by atoms with Gasteiger partial charge in [-0.2, -0.15) is 5.26 Å². The molecule has 1 atom stereocenters. The van der Waals surface area contributed by atoms with E-state index in [2.05, 4.69) is 10.1 Å². The van der Waals surface area contributed by atoms with E-state index in [1.807, 2.05) is 0 Å². The molecule has 12 heteroatoms. The van der Waals surface area contributed by atoms with Gasteiger partial charge in [-0.15, -0.1) is 13.2 Å². The van der Waals surface area contributed by atoms with Gasteiger partial charge in [0.25, 0.3) is 11.8 Å². The number of nitrogens with zero attached hydrogens (tertiary/aromatic N) is 2. The maximum absolute atomic E-state index is 13.0. The first-order chi connectivity index (χ1) is 14.9. The van der Waals surface area contributed by atoms with E-state index in [1.165, 1.54) is 30.5 Å². The summed E-state index contributed by atoms with van der Waals surface area (Å²) >= 11 is 0. The van der Waals surface area contributed by atoms with Gasteiger partial charge in [-0.3, -0.25) is 14.5 Å². The molecule has 1 N–H and O–H groups in total. The van der Waals surface area contributed by atoms with Gasteiger partial charge in [0.15, 0.2) is 21.3 Å². The molecular weight excluding hydrogens is 451 g/mol. The van der Waals surface area contributed by atoms with Gasteiger partial charge in [0.1, 0.15) is 5.75 Å². The highest BCUT2D eigenvalue weighted by atomic mass is 32.2. The highest BCUT2D eigenvalue weighted by molar-refractivity contribution is 7.92. The van der Waals surface area contributed by atoms with Gasteiger partial charge in [0.05, 0.1) is 5.75 Å². The zero-order valence-corrected chi connectivity index (χ0v) is 17.5. The molecule has 170 valence electrons. The van der Waals surface area contributed by atoms with Crippen molar-refractivity contribution in [1.29, 1.82) is 5.26 Å². The SMILES string of the molecule is CN(C#N)C(=O)C(CNC(=O)c1ccccc1)S(=O)(=O)Cc1ccccc1OC(F)(F)F. The molecule has 2 aromatic rings. The number of nitriles is 1. The first-order valence-electron chi connectivity index (χ1n) is 9.00. The van der Waals surface area contributed by atoms with Gasteiger partial charge in [-0.1, -0.05) is 36.4 Å². The predicted molar refractivity (Wildman–Crippen MR) is 107 cm³/mol. The van der Waals surface area contributed by atoms with Crippen LogP contribution >= 0.6 is 0 Å². The molecule has 2 rings (SSSR count). The smallest absolute Gasteiger partial charge is 0.405 e. The molecule has 2 amide bonds. The molecule has 0 heterocycles. The lowest BCUT2D eigenvalue weighted by Gasteiger charge is -2.20. The third-order valence-electron chi connectivity index (χ3n) is 4.23. The Bertz CT molecular complexity index is 1120. The van der Waals surface area contributed by atoms with Crippen LogP contribution in [0.2, 0.25) is 0 Å². The Labute approximate surface area is 182 Å². The summed E-state index contributed by atoms with van der Waals surface area (Å²) in [7, 11) is -3.46. The molecule has 0 bridgehead atoms. The van der Waals surface area contributed by atoms with Crippen LogP contribution in [-0.2, 0) is 20.4 Å². The van der Waals surface area contributed by atoms with E-state index in [0.29, 0.717) is 4.90 Å². The number of sulfone groups is 1. The number of rotatable bonds is 8. The molecule has 0 spiro atoms. The van der Waals surface area contributed by atoms with Crippen molar-refractivity contribution in [1.82, 2.24) is 10.2 Å². The van der Waals surface area contributed by atoms with Crippen LogP contribution in [0, 0.1) is 11.5 Å². The minimum absolute atomic E-state index is 0.202. The lowest BCUT2D eigenvalue weighted by molar-refractivity contribution is -0.274. The van der Waals surface area contributed by atoms with E-state index < -0.39 is 51.3 Å². The normalized spacial score (nSPS) is 12.3. The summed E-state index contributed by atoms with van der Waals surface area (Å²) in [5, 5.41) is 9.36. The number of carbonyl (C=O) groups is 2. The third-order valence-corrected chi connectivity index (χ3v) is 6.18. The maximum Gasteiger partial charge on any atom is 0.573 e. The zero-order chi connectivity index (χ0) is 23.9. The Morgan fingerprint density at radius 1 is 1.12 bits per heavy atom. The average Bonchev–Trinajstić information content (AvgIpc) is 2.73. The zero-order valence-electron chi connectivity index (χ0n) is 16.7. The number of carbonyl (C=O) groups excluding carboxylic acids is 2. The molecule has 0 aromatic heterocycles. The molecular formula is C20H18F3N3O5S. The third kappa shape index (κ3) is 6.71. The van der Waals surface area contributed by atoms with E-state index in [1.54, 1.807) is 18.2 Å². The molecule has 0 radical (unpaired) electrons. The Hall–Kier alpha value is -3.59. The number of hydrogen-bond donors (Lipinski definition) is 1. The van der Waals surface area contributed by atoms with Crippen LogP contribution in [0.15, 0.2) is 54.6 Å². The van der Waals surface area contributed by atoms with Crippen molar-refractivity contribution in [2.24, 2.45) is 0 Å². The van der Waals surface area contributed by atoms with Crippen molar-refractivity contribution in [3.63, 3.8) is 0 Å². The molecule has 32 heavy (non-hydrogen) atoms. The first kappa shape index (κ1) is 24.7. The first-order valence-corrected chi connectivity index (χ1v) is 10.7. The average molecular weight is 469 g/mol. The van der Waals surface area contributed by atoms with Crippen molar-refractivity contribution >= 4 is 21.7 Å². The summed E-state index contributed by atoms with van der Waals surface area (Å²) in [4.78, 5) is 25.3. The quantitative estimate of drug-likeness (QED) is 0.468. The van der Waals surface area contributed by atoms with Crippen LogP contribution in [0.5, 0.6) is 5.75 Å². The monoisotopic (exact) mass is 469 g/mol. The van der Waals surface area contributed by atoms with Crippen LogP contribution in [-0.4, -0.2) is 50.3 Å². The van der Waals surface area contributed by atoms with Crippen molar-refractivity contribution < 1.29 is 35.9 Å². The van der Waals surface area contributed by atoms with Crippen LogP contribution in [0.25, 0.3) is 0 Å². The molecule has 8 nitrogen and oxygen atoms in total. The van der Waals surface area contributed by atoms with Crippen molar-refractivity contribution in [3.05, 3.63) is 65.7 Å². The van der Waals surface area contributed by atoms with Gasteiger partial charge < -0.3 is 10.1 Å². The minimum Gasteiger partial charge on any atom is -0.405 e. The number of halogens is 3. The van der Waals surface area contributed by atoms with Gasteiger partial charge in [-0.05, 0) is 18.2 Å². The van der Waals surface area contributed by atoms with Crippen LogP contribution in [0.1, 0.15) is 15.9 Å². The summed E-state index contributed by atoms with van der Waals surface area (Å²) in [5.41, 5.74) is -0.134. The molecule has 0 saturated heterocycles. The fourth-order valence-electron chi connectivity index (χ4n) is 2.67. The van der Waals surface area contributed by atoms with E-state index >= 15 is 0 Å². The maximum atomic E-state index is 13.0. The summed E-state index contributed by atoms with van der Waals surface area (Å²) < 4.78 is 67.8. The molecule has 0 fully saturated rings. The van der Waals surface area contributed by atoms with Crippen molar-refractivity contribution in [3.8, 4) is 11.9 Å². The summed E-state index contributed by atoms with van der Waals surface area (Å²) in [6.07, 6.45) is -3.58. The Kier molecular flexibility index (Phi) is 7.82. The molecule has 0 aliphatic carbocycles. The lowest BCUT2D eigenvalue weighted by atomic mass is 10.2. The molecule has 2 aromatic carbocycles. The molecule has 0 saturated carbocycles. The molecule has 0 aliphatic rings. The standard InChI is InChI=1S/C20H18F3N3O5S/c1-26(13-24)19(28)17(11-25-18(27)14-7-3-2-4-8-14)32(29,30)12-15-9-5-6-10-16(15)31-20(21,22)23/h2-10,17H,11-12H2,1H3,(H,25,27). The fraction of sp³-hybridized carbons (Fsp3) is 0.250. The van der Waals surface area contributed by atoms with Gasteiger partial charge in [0.2, 0.25) is 0 Å². The number of hydrogen-bond acceptors (Lipinski definition) is 6. The van der Waals surface area contributed by atoms with Crippen LogP contribution in [0.4, 0.5) is 13.2 Å². The Morgan fingerprint density at radius 2 is 1.72 bits per heavy atom. The number of benzene rings is 2. The van der Waals surface area contributed by atoms with E-state index in [-0.39, 0.29) is 11.1 Å². The summed E-state index contributed by atoms with van der Waals surface area (Å²) in [5.74, 6) is -3.54. The van der Waals surface area contributed by atoms with Crippen molar-refractivity contribution in [2.45, 2.75) is 17.4 Å². The minimum atomic E-state index is -5.06. The molecule has 0 aliphatic heterocycles. The van der Waals surface area contributed by atoms with Gasteiger partial charge >= 0.3 is 6.36 Å². The Balaban J connectivity index is 2.31. The highest BCUT2D eigenvalue weighted by Crippen LogP contribution is 2.28. The summed E-state index contributed by atoms with van der Waals surface area (Å²) in [6.45, 7) is -0.691. The largest absolute Gasteiger partial charge is 0.573 e. The van der Waals surface area contributed by atoms with E-state index in [9.17, 15) is 31.2 Å². The topological polar surface area (TPSA) is 117 Å². The fourth-order valence-corrected chi connectivity index (χ4v) is 4.35. The highest BCUT2D eigenvalue weighted by Gasteiger charge is 2.37. The van der Waals surface area contributed by atoms with Crippen LogP contribution in [0.3, 0.4) is 0 Å². The Morgan fingerprint density at radius 3 is 2.31 bits per heavy atom. The number of alkyl halides is 3. The number of nitrogens with one attached hydrogen (secondary N) is 1. The van der Waals surface area contributed by atoms with E-state index in [0.717, 1.165) is 19.2 Å². The number of para-hydroxylation sites is 1. The van der Waals surface area contributed by atoms with Crippen LogP contribution < -0.4 is 10.1 Å². The summed E-state index contributed by atoms with van der Waals surface area (Å²) in [6, 6.07) is 12.3. The second kappa shape index (κ2) is 10.1. The predicted octanol–water partition coefficient (Wildman–Crippen LogP) is 2.24. The number of amides is 2. The molecule has 1 unspecified atom stereocenters. The second-order valence-corrected chi connectivity index (χ2v) is 8.71. The van der Waals surface area contributed by atoms with E-state index in [4.69, 9.17) is 5.26 Å². The van der Waals surface area contributed by atoms with Crippen molar-refractivity contribution in [2.75, 3.05) is 13.6 Å². The van der Waals surface area contributed by atoms with Gasteiger partial charge in [-0.25, -0.2) is 8.42 Å². The second-order valence-electron chi connectivity index (χ2n) is 6.52.